The van der Waals surface area contributed by atoms with Crippen molar-refractivity contribution in [2.75, 3.05) is 37.9 Å². The van der Waals surface area contributed by atoms with E-state index < -0.39 is 17.9 Å². The molecule has 2 N–H and O–H groups in total. The second-order valence-electron chi connectivity index (χ2n) is 6.11. The standard InChI is InChI=1S/C20H24N2O6S/c1-5-26-19(24)15-14(16(29-17(15)21)20(25)27-6-2)11-28-18(23)12-8-7-9-13(10-12)22(3)4/h7-10H,5-6,11,21H2,1-4H3. The number of nitrogens with two attached hydrogens (primary N) is 1. The number of benzene rings is 1. The van der Waals surface area contributed by atoms with Crippen LogP contribution in [0.25, 0.3) is 0 Å². The molecule has 2 aromatic rings. The molecule has 8 nitrogen and oxygen atoms in total. The van der Waals surface area contributed by atoms with Crippen molar-refractivity contribution in [3.63, 3.8) is 0 Å². The van der Waals surface area contributed by atoms with E-state index in [2.05, 4.69) is 0 Å². The maximum atomic E-state index is 12.5. The van der Waals surface area contributed by atoms with E-state index in [-0.39, 0.29) is 40.8 Å². The number of nitrogen functional groups attached to an aromatic ring is 1. The Morgan fingerprint density at radius 3 is 2.28 bits per heavy atom. The van der Waals surface area contributed by atoms with Crippen LogP contribution < -0.4 is 10.6 Å². The third kappa shape index (κ3) is 5.26. The minimum atomic E-state index is -0.683. The number of carbonyl (C=O) groups is 3. The van der Waals surface area contributed by atoms with Crippen LogP contribution in [-0.2, 0) is 20.8 Å². The fourth-order valence-corrected chi connectivity index (χ4v) is 3.50. The van der Waals surface area contributed by atoms with E-state index in [1.54, 1.807) is 32.0 Å². The van der Waals surface area contributed by atoms with Gasteiger partial charge in [0.15, 0.2) is 0 Å². The smallest absolute Gasteiger partial charge is 0.348 e. The molecule has 0 atom stereocenters. The molecule has 1 aromatic heterocycles. The summed E-state index contributed by atoms with van der Waals surface area (Å²) in [6.07, 6.45) is 0. The quantitative estimate of drug-likeness (QED) is 0.513. The molecule has 156 valence electrons. The van der Waals surface area contributed by atoms with Crippen molar-refractivity contribution < 1.29 is 28.6 Å². The van der Waals surface area contributed by atoms with Crippen LogP contribution in [-0.4, -0.2) is 45.2 Å². The summed E-state index contributed by atoms with van der Waals surface area (Å²) >= 11 is 0.902. The van der Waals surface area contributed by atoms with Gasteiger partial charge in [0.2, 0.25) is 0 Å². The van der Waals surface area contributed by atoms with Crippen molar-refractivity contribution in [1.29, 1.82) is 0 Å². The number of anilines is 2. The predicted molar refractivity (Wildman–Crippen MR) is 111 cm³/mol. The molecule has 0 fully saturated rings. The average molecular weight is 420 g/mol. The first-order valence-corrected chi connectivity index (χ1v) is 9.81. The fourth-order valence-electron chi connectivity index (χ4n) is 2.54. The summed E-state index contributed by atoms with van der Waals surface area (Å²) in [6.45, 7) is 3.30. The van der Waals surface area contributed by atoms with Gasteiger partial charge in [0.25, 0.3) is 0 Å². The Morgan fingerprint density at radius 1 is 1.00 bits per heavy atom. The van der Waals surface area contributed by atoms with Gasteiger partial charge in [-0.25, -0.2) is 14.4 Å². The lowest BCUT2D eigenvalue weighted by atomic mass is 10.1. The van der Waals surface area contributed by atoms with Crippen LogP contribution >= 0.6 is 11.3 Å². The topological polar surface area (TPSA) is 108 Å². The van der Waals surface area contributed by atoms with E-state index in [0.717, 1.165) is 17.0 Å². The summed E-state index contributed by atoms with van der Waals surface area (Å²) < 4.78 is 15.4. The second-order valence-corrected chi connectivity index (χ2v) is 7.16. The zero-order chi connectivity index (χ0) is 21.6. The molecule has 0 unspecified atom stereocenters. The first-order chi connectivity index (χ1) is 13.8. The SMILES string of the molecule is CCOC(=O)c1sc(N)c(C(=O)OCC)c1COC(=O)c1cccc(N(C)C)c1. The molecule has 0 radical (unpaired) electrons. The molecule has 0 aliphatic heterocycles. The molecular formula is C20H24N2O6S. The van der Waals surface area contributed by atoms with Gasteiger partial charge in [0.05, 0.1) is 18.8 Å². The minimum Gasteiger partial charge on any atom is -0.462 e. The summed E-state index contributed by atoms with van der Waals surface area (Å²) in [5.41, 5.74) is 7.32. The van der Waals surface area contributed by atoms with Gasteiger partial charge in [-0.1, -0.05) is 6.07 Å². The normalized spacial score (nSPS) is 10.3. The highest BCUT2D eigenvalue weighted by Gasteiger charge is 2.28. The third-order valence-corrected chi connectivity index (χ3v) is 4.96. The lowest BCUT2D eigenvalue weighted by Crippen LogP contribution is -2.14. The summed E-state index contributed by atoms with van der Waals surface area (Å²) in [4.78, 5) is 39.1. The molecule has 29 heavy (non-hydrogen) atoms. The number of ether oxygens (including phenoxy) is 3. The Morgan fingerprint density at radius 2 is 1.66 bits per heavy atom. The van der Waals surface area contributed by atoms with Gasteiger partial charge >= 0.3 is 17.9 Å². The van der Waals surface area contributed by atoms with Crippen LogP contribution in [0.5, 0.6) is 0 Å². The van der Waals surface area contributed by atoms with Crippen molar-refractivity contribution in [1.82, 2.24) is 0 Å². The first kappa shape index (κ1) is 22.2. The van der Waals surface area contributed by atoms with Crippen LogP contribution in [0.3, 0.4) is 0 Å². The van der Waals surface area contributed by atoms with Crippen molar-refractivity contribution in [2.45, 2.75) is 20.5 Å². The summed E-state index contributed by atoms with van der Waals surface area (Å²) in [6, 6.07) is 6.90. The Balaban J connectivity index is 2.32. The number of carbonyl (C=O) groups excluding carboxylic acids is 3. The third-order valence-electron chi connectivity index (χ3n) is 3.92. The largest absolute Gasteiger partial charge is 0.462 e. The fraction of sp³-hybridized carbons (Fsp3) is 0.350. The maximum absolute atomic E-state index is 12.5. The van der Waals surface area contributed by atoms with E-state index in [0.29, 0.717) is 5.56 Å². The summed E-state index contributed by atoms with van der Waals surface area (Å²) in [7, 11) is 3.71. The van der Waals surface area contributed by atoms with Gasteiger partial charge in [0, 0.05) is 25.3 Å². The lowest BCUT2D eigenvalue weighted by Gasteiger charge is -2.13. The lowest BCUT2D eigenvalue weighted by molar-refractivity contribution is 0.0438. The number of hydrogen-bond donors (Lipinski definition) is 1. The van der Waals surface area contributed by atoms with Crippen LogP contribution in [0.15, 0.2) is 24.3 Å². The zero-order valence-corrected chi connectivity index (χ0v) is 17.6. The van der Waals surface area contributed by atoms with Crippen molar-refractivity contribution in [2.24, 2.45) is 0 Å². The highest BCUT2D eigenvalue weighted by atomic mass is 32.1. The van der Waals surface area contributed by atoms with Crippen molar-refractivity contribution >= 4 is 39.9 Å². The molecule has 9 heteroatoms. The van der Waals surface area contributed by atoms with E-state index in [9.17, 15) is 14.4 Å². The highest BCUT2D eigenvalue weighted by Crippen LogP contribution is 2.33. The molecular weight excluding hydrogens is 396 g/mol. The van der Waals surface area contributed by atoms with Gasteiger partial charge in [-0.15, -0.1) is 11.3 Å². The monoisotopic (exact) mass is 420 g/mol. The Bertz CT molecular complexity index is 906. The van der Waals surface area contributed by atoms with Crippen molar-refractivity contribution in [3.05, 3.63) is 45.8 Å². The number of hydrogen-bond acceptors (Lipinski definition) is 9. The van der Waals surface area contributed by atoms with Gasteiger partial charge in [-0.2, -0.15) is 0 Å². The molecule has 0 spiro atoms. The molecule has 2 rings (SSSR count). The van der Waals surface area contributed by atoms with Crippen LogP contribution in [0.1, 0.15) is 49.8 Å². The van der Waals surface area contributed by atoms with Gasteiger partial charge in [0.1, 0.15) is 22.0 Å². The molecule has 1 heterocycles. The molecule has 0 aliphatic carbocycles. The minimum absolute atomic E-state index is 0.0229. The molecule has 0 saturated carbocycles. The van der Waals surface area contributed by atoms with Gasteiger partial charge in [-0.05, 0) is 32.0 Å². The van der Waals surface area contributed by atoms with Gasteiger partial charge in [-0.3, -0.25) is 0 Å². The molecule has 1 aromatic carbocycles. The number of nitrogens with zero attached hydrogens (tertiary/aromatic N) is 1. The number of rotatable bonds is 8. The van der Waals surface area contributed by atoms with E-state index in [1.807, 2.05) is 25.1 Å². The average Bonchev–Trinajstić information content (AvgIpc) is 3.03. The maximum Gasteiger partial charge on any atom is 0.348 e. The van der Waals surface area contributed by atoms with Gasteiger partial charge < -0.3 is 24.8 Å². The zero-order valence-electron chi connectivity index (χ0n) is 16.8. The number of thiophene rings is 1. The van der Waals surface area contributed by atoms with Crippen molar-refractivity contribution in [3.8, 4) is 0 Å². The van der Waals surface area contributed by atoms with Crippen LogP contribution in [0.4, 0.5) is 10.7 Å². The van der Waals surface area contributed by atoms with E-state index >= 15 is 0 Å². The Kier molecular flexibility index (Phi) is 7.60. The van der Waals surface area contributed by atoms with Crippen LogP contribution in [0.2, 0.25) is 0 Å². The van der Waals surface area contributed by atoms with E-state index in [1.165, 1.54) is 0 Å². The Labute approximate surface area is 173 Å². The van der Waals surface area contributed by atoms with Crippen LogP contribution in [0, 0.1) is 0 Å². The first-order valence-electron chi connectivity index (χ1n) is 8.99. The summed E-state index contributed by atoms with van der Waals surface area (Å²) in [5.74, 6) is -1.92. The van der Waals surface area contributed by atoms with E-state index in [4.69, 9.17) is 19.9 Å². The highest BCUT2D eigenvalue weighted by molar-refractivity contribution is 7.18. The Hall–Kier alpha value is -3.07. The molecule has 0 bridgehead atoms. The molecule has 0 saturated heterocycles. The second kappa shape index (κ2) is 9.92. The predicted octanol–water partition coefficient (Wildman–Crippen LogP) is 3.11. The number of esters is 3. The summed E-state index contributed by atoms with van der Waals surface area (Å²) in [5, 5.41) is 0.104. The molecule has 0 aliphatic rings. The molecule has 0 amide bonds.